The molecule has 33 heavy (non-hydrogen) atoms. The van der Waals surface area contributed by atoms with Gasteiger partial charge in [0, 0.05) is 19.5 Å². The molecule has 1 N–H and O–H groups in total. The zero-order chi connectivity index (χ0) is 24.2. The van der Waals surface area contributed by atoms with E-state index in [0.717, 1.165) is 5.56 Å². The summed E-state index contributed by atoms with van der Waals surface area (Å²) in [5, 5.41) is 2.76. The van der Waals surface area contributed by atoms with Gasteiger partial charge in [-0.05, 0) is 65.7 Å². The van der Waals surface area contributed by atoms with Crippen molar-refractivity contribution >= 4 is 45.5 Å². The second-order valence-electron chi connectivity index (χ2n) is 7.70. The van der Waals surface area contributed by atoms with Crippen molar-refractivity contribution in [3.8, 4) is 11.5 Å². The SMILES string of the molecule is CCOc1cc(C=C2C(=O)OC(C)(C)OC2=O)cc(Br)c1OCC(=O)Nc1ccc(C)cc1. The van der Waals surface area contributed by atoms with Gasteiger partial charge >= 0.3 is 11.9 Å². The van der Waals surface area contributed by atoms with Gasteiger partial charge in [0.15, 0.2) is 18.1 Å². The highest BCUT2D eigenvalue weighted by molar-refractivity contribution is 9.10. The second kappa shape index (κ2) is 10.1. The lowest BCUT2D eigenvalue weighted by atomic mass is 10.1. The van der Waals surface area contributed by atoms with Crippen molar-refractivity contribution in [1.29, 1.82) is 0 Å². The summed E-state index contributed by atoms with van der Waals surface area (Å²) in [5.74, 6) is -2.57. The summed E-state index contributed by atoms with van der Waals surface area (Å²) in [6.45, 7) is 6.79. The van der Waals surface area contributed by atoms with E-state index in [-0.39, 0.29) is 18.1 Å². The van der Waals surface area contributed by atoms with Gasteiger partial charge in [0.1, 0.15) is 5.57 Å². The van der Waals surface area contributed by atoms with E-state index in [1.165, 1.54) is 19.9 Å². The minimum atomic E-state index is -1.32. The lowest BCUT2D eigenvalue weighted by molar-refractivity contribution is -0.222. The Hall–Kier alpha value is -3.33. The molecule has 1 amide bonds. The smallest absolute Gasteiger partial charge is 0.348 e. The van der Waals surface area contributed by atoms with Gasteiger partial charge in [-0.1, -0.05) is 17.7 Å². The molecule has 1 fully saturated rings. The molecule has 1 aliphatic rings. The van der Waals surface area contributed by atoms with Crippen molar-refractivity contribution in [1.82, 2.24) is 0 Å². The summed E-state index contributed by atoms with van der Waals surface area (Å²) in [4.78, 5) is 36.8. The average molecular weight is 518 g/mol. The predicted molar refractivity (Wildman–Crippen MR) is 125 cm³/mol. The van der Waals surface area contributed by atoms with E-state index in [1.807, 2.05) is 19.1 Å². The zero-order valence-electron chi connectivity index (χ0n) is 18.7. The molecular weight excluding hydrogens is 494 g/mol. The molecule has 2 aromatic carbocycles. The third-order valence-corrected chi connectivity index (χ3v) is 5.03. The summed E-state index contributed by atoms with van der Waals surface area (Å²) >= 11 is 3.41. The summed E-state index contributed by atoms with van der Waals surface area (Å²) in [6.07, 6.45) is 1.35. The van der Waals surface area contributed by atoms with Crippen molar-refractivity contribution in [2.45, 2.75) is 33.5 Å². The fourth-order valence-corrected chi connectivity index (χ4v) is 3.57. The van der Waals surface area contributed by atoms with E-state index in [2.05, 4.69) is 21.2 Å². The number of anilines is 1. The molecule has 0 bridgehead atoms. The van der Waals surface area contributed by atoms with Crippen LogP contribution in [0.3, 0.4) is 0 Å². The lowest BCUT2D eigenvalue weighted by Gasteiger charge is -2.29. The number of ether oxygens (including phenoxy) is 4. The van der Waals surface area contributed by atoms with Crippen LogP contribution in [0.1, 0.15) is 31.9 Å². The van der Waals surface area contributed by atoms with Crippen LogP contribution in [0, 0.1) is 6.92 Å². The van der Waals surface area contributed by atoms with Crippen LogP contribution in [0.4, 0.5) is 5.69 Å². The number of carbonyl (C=O) groups excluding carboxylic acids is 3. The topological polar surface area (TPSA) is 100 Å². The van der Waals surface area contributed by atoms with Crippen molar-refractivity contribution in [2.24, 2.45) is 0 Å². The normalized spacial score (nSPS) is 14.8. The van der Waals surface area contributed by atoms with Crippen LogP contribution >= 0.6 is 15.9 Å². The third kappa shape index (κ3) is 6.35. The molecule has 0 aliphatic carbocycles. The first-order valence-electron chi connectivity index (χ1n) is 10.2. The first-order chi connectivity index (χ1) is 15.6. The molecule has 1 aliphatic heterocycles. The molecule has 0 aromatic heterocycles. The molecule has 9 heteroatoms. The quantitative estimate of drug-likeness (QED) is 0.330. The van der Waals surface area contributed by atoms with Crippen LogP contribution in [0.5, 0.6) is 11.5 Å². The number of benzene rings is 2. The number of rotatable bonds is 7. The first kappa shape index (κ1) is 24.3. The third-order valence-electron chi connectivity index (χ3n) is 4.44. The van der Waals surface area contributed by atoms with Crippen molar-refractivity contribution < 1.29 is 33.3 Å². The zero-order valence-corrected chi connectivity index (χ0v) is 20.3. The van der Waals surface area contributed by atoms with E-state index in [4.69, 9.17) is 18.9 Å². The summed E-state index contributed by atoms with van der Waals surface area (Å²) in [7, 11) is 0. The Balaban J connectivity index is 1.78. The van der Waals surface area contributed by atoms with Crippen LogP contribution in [0.2, 0.25) is 0 Å². The van der Waals surface area contributed by atoms with Gasteiger partial charge in [-0.2, -0.15) is 0 Å². The molecule has 0 atom stereocenters. The van der Waals surface area contributed by atoms with E-state index >= 15 is 0 Å². The Labute approximate surface area is 200 Å². The standard InChI is InChI=1S/C24H24BrNO7/c1-5-30-19-12-15(10-17-22(28)32-24(3,4)33-23(17)29)11-18(25)21(19)31-13-20(27)26-16-8-6-14(2)7-9-16/h6-12H,5,13H2,1-4H3,(H,26,27). The number of aryl methyl sites for hydroxylation is 1. The van der Waals surface area contributed by atoms with Crippen molar-refractivity contribution in [3.05, 3.63) is 57.6 Å². The van der Waals surface area contributed by atoms with Crippen LogP contribution in [-0.4, -0.2) is 36.8 Å². The van der Waals surface area contributed by atoms with E-state index in [1.54, 1.807) is 31.2 Å². The number of cyclic esters (lactones) is 2. The van der Waals surface area contributed by atoms with Crippen molar-refractivity contribution in [2.75, 3.05) is 18.5 Å². The Morgan fingerprint density at radius 3 is 2.33 bits per heavy atom. The van der Waals surface area contributed by atoms with Crippen molar-refractivity contribution in [3.63, 3.8) is 0 Å². The molecule has 2 aromatic rings. The highest BCUT2D eigenvalue weighted by Gasteiger charge is 2.38. The summed E-state index contributed by atoms with van der Waals surface area (Å²) < 4.78 is 22.1. The molecular formula is C24H24BrNO7. The van der Waals surface area contributed by atoms with Crippen LogP contribution in [0.25, 0.3) is 6.08 Å². The van der Waals surface area contributed by atoms with Gasteiger partial charge in [0.25, 0.3) is 11.7 Å². The molecule has 8 nitrogen and oxygen atoms in total. The number of esters is 2. The largest absolute Gasteiger partial charge is 0.490 e. The molecule has 1 saturated heterocycles. The fourth-order valence-electron chi connectivity index (χ4n) is 2.99. The number of halogens is 1. The Kier molecular flexibility index (Phi) is 7.43. The van der Waals surface area contributed by atoms with Gasteiger partial charge in [0.2, 0.25) is 0 Å². The van der Waals surface area contributed by atoms with Gasteiger partial charge in [-0.3, -0.25) is 4.79 Å². The van der Waals surface area contributed by atoms with Crippen LogP contribution in [-0.2, 0) is 23.9 Å². The number of hydrogen-bond donors (Lipinski definition) is 1. The van der Waals surface area contributed by atoms with Gasteiger partial charge < -0.3 is 24.3 Å². The van der Waals surface area contributed by atoms with Gasteiger partial charge in [-0.25, -0.2) is 9.59 Å². The van der Waals surface area contributed by atoms with E-state index in [0.29, 0.717) is 33.8 Å². The molecule has 1 heterocycles. The Morgan fingerprint density at radius 2 is 1.73 bits per heavy atom. The van der Waals surface area contributed by atoms with Gasteiger partial charge in [-0.15, -0.1) is 0 Å². The average Bonchev–Trinajstić information content (AvgIpc) is 2.71. The molecule has 0 unspecified atom stereocenters. The minimum absolute atomic E-state index is 0.241. The summed E-state index contributed by atoms with van der Waals surface area (Å²) in [5.41, 5.74) is 1.98. The van der Waals surface area contributed by atoms with Crippen LogP contribution in [0.15, 0.2) is 46.4 Å². The Morgan fingerprint density at radius 1 is 1.09 bits per heavy atom. The molecule has 0 saturated carbocycles. The maximum atomic E-state index is 12.3. The monoisotopic (exact) mass is 517 g/mol. The maximum absolute atomic E-state index is 12.3. The molecule has 174 valence electrons. The van der Waals surface area contributed by atoms with E-state index < -0.39 is 17.7 Å². The minimum Gasteiger partial charge on any atom is -0.490 e. The number of hydrogen-bond acceptors (Lipinski definition) is 7. The highest BCUT2D eigenvalue weighted by atomic mass is 79.9. The number of nitrogens with one attached hydrogen (secondary N) is 1. The second-order valence-corrected chi connectivity index (χ2v) is 8.56. The fraction of sp³-hybridized carbons (Fsp3) is 0.292. The van der Waals surface area contributed by atoms with Gasteiger partial charge in [0.05, 0.1) is 11.1 Å². The van der Waals surface area contributed by atoms with E-state index in [9.17, 15) is 14.4 Å². The summed E-state index contributed by atoms with van der Waals surface area (Å²) in [6, 6.07) is 10.6. The molecule has 3 rings (SSSR count). The first-order valence-corrected chi connectivity index (χ1v) is 11.0. The molecule has 0 radical (unpaired) electrons. The predicted octanol–water partition coefficient (Wildman–Crippen LogP) is 4.39. The maximum Gasteiger partial charge on any atom is 0.348 e. The number of carbonyl (C=O) groups is 3. The Bertz CT molecular complexity index is 1080. The lowest BCUT2D eigenvalue weighted by Crippen LogP contribution is -2.41. The molecule has 0 spiro atoms. The number of amides is 1. The highest BCUT2D eigenvalue weighted by Crippen LogP contribution is 2.38. The van der Waals surface area contributed by atoms with Crippen LogP contribution < -0.4 is 14.8 Å².